The summed E-state index contributed by atoms with van der Waals surface area (Å²) in [6.07, 6.45) is -4.80. The predicted molar refractivity (Wildman–Crippen MR) is 118 cm³/mol. The second-order valence-corrected chi connectivity index (χ2v) is 9.21. The van der Waals surface area contributed by atoms with Crippen molar-refractivity contribution in [2.24, 2.45) is 0 Å². The van der Waals surface area contributed by atoms with Gasteiger partial charge in [0.25, 0.3) is 5.91 Å². The summed E-state index contributed by atoms with van der Waals surface area (Å²) < 4.78 is 76.3. The summed E-state index contributed by atoms with van der Waals surface area (Å²) in [4.78, 5) is 12.4. The summed E-state index contributed by atoms with van der Waals surface area (Å²) in [5, 5.41) is 2.52. The van der Waals surface area contributed by atoms with E-state index in [-0.39, 0.29) is 41.3 Å². The Hall–Kier alpha value is -2.79. The van der Waals surface area contributed by atoms with Crippen LogP contribution in [0.2, 0.25) is 0 Å². The Morgan fingerprint density at radius 3 is 2.33 bits per heavy atom. The summed E-state index contributed by atoms with van der Waals surface area (Å²) in [5.41, 5.74) is -0.795. The second kappa shape index (κ2) is 10.9. The summed E-state index contributed by atoms with van der Waals surface area (Å²) in [5.74, 6) is -0.578. The molecular formula is C22H27F3N2O5S. The van der Waals surface area contributed by atoms with Gasteiger partial charge in [-0.2, -0.15) is 17.5 Å². The van der Waals surface area contributed by atoms with Gasteiger partial charge in [-0.15, -0.1) is 0 Å². The number of hydrogen-bond acceptors (Lipinski definition) is 5. The molecule has 0 atom stereocenters. The topological polar surface area (TPSA) is 84.9 Å². The number of halogens is 3. The van der Waals surface area contributed by atoms with Crippen LogP contribution in [-0.2, 0) is 21.0 Å². The van der Waals surface area contributed by atoms with Gasteiger partial charge in [0.15, 0.2) is 6.61 Å². The largest absolute Gasteiger partial charge is 0.489 e. The lowest BCUT2D eigenvalue weighted by Crippen LogP contribution is -2.30. The molecule has 0 aromatic heterocycles. The van der Waals surface area contributed by atoms with Gasteiger partial charge in [-0.25, -0.2) is 8.42 Å². The fourth-order valence-electron chi connectivity index (χ4n) is 2.93. The maximum atomic E-state index is 12.8. The quantitative estimate of drug-likeness (QED) is 0.531. The lowest BCUT2D eigenvalue weighted by molar-refractivity contribution is -0.137. The molecular weight excluding hydrogens is 461 g/mol. The Kier molecular flexibility index (Phi) is 8.73. The molecule has 11 heteroatoms. The minimum atomic E-state index is -4.54. The number of amides is 1. The van der Waals surface area contributed by atoms with Gasteiger partial charge in [-0.05, 0) is 50.2 Å². The van der Waals surface area contributed by atoms with Gasteiger partial charge in [-0.3, -0.25) is 4.79 Å². The van der Waals surface area contributed by atoms with Crippen molar-refractivity contribution in [3.8, 4) is 11.5 Å². The van der Waals surface area contributed by atoms with E-state index < -0.39 is 34.3 Å². The van der Waals surface area contributed by atoms with Crippen molar-refractivity contribution in [2.45, 2.75) is 44.9 Å². The van der Waals surface area contributed by atoms with E-state index in [0.29, 0.717) is 0 Å². The van der Waals surface area contributed by atoms with Gasteiger partial charge in [-0.1, -0.05) is 19.9 Å². The van der Waals surface area contributed by atoms with Gasteiger partial charge in [0, 0.05) is 13.1 Å². The molecule has 0 unspecified atom stereocenters. The van der Waals surface area contributed by atoms with Gasteiger partial charge in [0.1, 0.15) is 11.5 Å². The maximum Gasteiger partial charge on any atom is 0.416 e. The van der Waals surface area contributed by atoms with Gasteiger partial charge in [0.05, 0.1) is 22.3 Å². The molecule has 2 aromatic rings. The third-order valence-electron chi connectivity index (χ3n) is 4.46. The second-order valence-electron chi connectivity index (χ2n) is 7.28. The minimum Gasteiger partial charge on any atom is -0.489 e. The number of hydrogen-bond donors (Lipinski definition) is 1. The van der Waals surface area contributed by atoms with E-state index >= 15 is 0 Å². The summed E-state index contributed by atoms with van der Waals surface area (Å²) in [6, 6.07) is 8.27. The van der Waals surface area contributed by atoms with Crippen molar-refractivity contribution in [3.63, 3.8) is 0 Å². The van der Waals surface area contributed by atoms with Gasteiger partial charge in [0.2, 0.25) is 10.0 Å². The standard InChI is InChI=1S/C22H27F3N2O5S/c1-5-27(6-2)33(29,30)18-10-11-20(32-15(3)4)19(13-18)26-21(28)14-31-17-9-7-8-16(12-17)22(23,24)25/h7-13,15H,5-6,14H2,1-4H3,(H,26,28). The predicted octanol–water partition coefficient (Wildman–Crippen LogP) is 4.54. The number of carbonyl (C=O) groups is 1. The highest BCUT2D eigenvalue weighted by Crippen LogP contribution is 2.32. The number of rotatable bonds is 10. The van der Waals surface area contributed by atoms with E-state index in [9.17, 15) is 26.4 Å². The van der Waals surface area contributed by atoms with Crippen molar-refractivity contribution < 1.29 is 35.9 Å². The zero-order valence-corrected chi connectivity index (χ0v) is 19.6. The van der Waals surface area contributed by atoms with Crippen LogP contribution in [-0.4, -0.2) is 44.4 Å². The van der Waals surface area contributed by atoms with Crippen molar-refractivity contribution in [1.29, 1.82) is 0 Å². The molecule has 0 saturated heterocycles. The molecule has 0 aliphatic rings. The Labute approximate surface area is 191 Å². The molecule has 2 aromatic carbocycles. The fourth-order valence-corrected chi connectivity index (χ4v) is 4.42. The van der Waals surface area contributed by atoms with Crippen LogP contribution in [0.5, 0.6) is 11.5 Å². The number of anilines is 1. The van der Waals surface area contributed by atoms with Crippen LogP contribution in [0.25, 0.3) is 0 Å². The first-order valence-corrected chi connectivity index (χ1v) is 11.7. The van der Waals surface area contributed by atoms with Crippen LogP contribution in [0.15, 0.2) is 47.4 Å². The van der Waals surface area contributed by atoms with Crippen molar-refractivity contribution in [2.75, 3.05) is 25.0 Å². The number of ether oxygens (including phenoxy) is 2. The molecule has 0 heterocycles. The average Bonchev–Trinajstić information content (AvgIpc) is 2.73. The van der Waals surface area contributed by atoms with Crippen molar-refractivity contribution >= 4 is 21.6 Å². The van der Waals surface area contributed by atoms with Gasteiger partial charge >= 0.3 is 6.18 Å². The molecule has 0 radical (unpaired) electrons. The van der Waals surface area contributed by atoms with E-state index in [1.807, 2.05) is 0 Å². The highest BCUT2D eigenvalue weighted by atomic mass is 32.2. The molecule has 0 saturated carbocycles. The van der Waals surface area contributed by atoms with Crippen molar-refractivity contribution in [3.05, 3.63) is 48.0 Å². The zero-order valence-electron chi connectivity index (χ0n) is 18.8. The van der Waals surface area contributed by atoms with E-state index in [1.54, 1.807) is 27.7 Å². The highest BCUT2D eigenvalue weighted by molar-refractivity contribution is 7.89. The van der Waals surface area contributed by atoms with E-state index in [1.165, 1.54) is 34.6 Å². The molecule has 0 aliphatic heterocycles. The molecule has 33 heavy (non-hydrogen) atoms. The average molecular weight is 489 g/mol. The number of sulfonamides is 1. The molecule has 0 bridgehead atoms. The molecule has 1 N–H and O–H groups in total. The fraction of sp³-hybridized carbons (Fsp3) is 0.409. The molecule has 0 spiro atoms. The number of alkyl halides is 3. The molecule has 7 nitrogen and oxygen atoms in total. The monoisotopic (exact) mass is 488 g/mol. The first kappa shape index (κ1) is 26.5. The minimum absolute atomic E-state index is 0.0311. The summed E-state index contributed by atoms with van der Waals surface area (Å²) >= 11 is 0. The molecule has 0 fully saturated rings. The van der Waals surface area contributed by atoms with Gasteiger partial charge < -0.3 is 14.8 Å². The third-order valence-corrected chi connectivity index (χ3v) is 6.51. The Balaban J connectivity index is 2.24. The summed E-state index contributed by atoms with van der Waals surface area (Å²) in [7, 11) is -3.79. The Morgan fingerprint density at radius 2 is 1.76 bits per heavy atom. The first-order valence-electron chi connectivity index (χ1n) is 10.3. The molecule has 182 valence electrons. The lowest BCUT2D eigenvalue weighted by atomic mass is 10.2. The van der Waals surface area contributed by atoms with Crippen LogP contribution >= 0.6 is 0 Å². The summed E-state index contributed by atoms with van der Waals surface area (Å²) in [6.45, 7) is 6.92. The highest BCUT2D eigenvalue weighted by Gasteiger charge is 2.30. The van der Waals surface area contributed by atoms with Crippen LogP contribution in [0, 0.1) is 0 Å². The normalized spacial score (nSPS) is 12.2. The molecule has 2 rings (SSSR count). The SMILES string of the molecule is CCN(CC)S(=O)(=O)c1ccc(OC(C)C)c(NC(=O)COc2cccc(C(F)(F)F)c2)c1. The smallest absolute Gasteiger partial charge is 0.416 e. The number of nitrogens with zero attached hydrogens (tertiary/aromatic N) is 1. The van der Waals surface area contributed by atoms with E-state index in [0.717, 1.165) is 12.1 Å². The first-order chi connectivity index (χ1) is 15.4. The molecule has 1 amide bonds. The Bertz CT molecular complexity index is 1070. The van der Waals surface area contributed by atoms with E-state index in [4.69, 9.17) is 9.47 Å². The third kappa shape index (κ3) is 7.10. The molecule has 0 aliphatic carbocycles. The van der Waals surface area contributed by atoms with Crippen LogP contribution < -0.4 is 14.8 Å². The van der Waals surface area contributed by atoms with E-state index in [2.05, 4.69) is 5.32 Å². The number of carbonyl (C=O) groups excluding carboxylic acids is 1. The van der Waals surface area contributed by atoms with Crippen LogP contribution in [0.1, 0.15) is 33.3 Å². The Morgan fingerprint density at radius 1 is 1.09 bits per heavy atom. The zero-order chi connectivity index (χ0) is 24.8. The van der Waals surface area contributed by atoms with Crippen molar-refractivity contribution in [1.82, 2.24) is 4.31 Å². The maximum absolute atomic E-state index is 12.8. The van der Waals surface area contributed by atoms with Crippen LogP contribution in [0.4, 0.5) is 18.9 Å². The number of benzene rings is 2. The number of nitrogens with one attached hydrogen (secondary N) is 1. The van der Waals surface area contributed by atoms with Crippen LogP contribution in [0.3, 0.4) is 0 Å². The lowest BCUT2D eigenvalue weighted by Gasteiger charge is -2.20.